The summed E-state index contributed by atoms with van der Waals surface area (Å²) >= 11 is 0. The minimum Gasteiger partial charge on any atom is -0.325 e. The van der Waals surface area contributed by atoms with Crippen LogP contribution >= 0.6 is 0 Å². The van der Waals surface area contributed by atoms with E-state index in [1.165, 1.54) is 4.57 Å². The summed E-state index contributed by atoms with van der Waals surface area (Å²) in [4.78, 5) is 29.6. The third kappa shape index (κ3) is 3.79. The molecule has 4 rings (SSSR count). The maximum atomic E-state index is 13.9. The van der Waals surface area contributed by atoms with E-state index in [0.29, 0.717) is 27.8 Å². The molecule has 0 aliphatic carbocycles. The number of aromatic nitrogens is 2. The number of pyridine rings is 2. The van der Waals surface area contributed by atoms with Crippen molar-refractivity contribution < 1.29 is 18.0 Å². The molecule has 8 heteroatoms. The Balaban J connectivity index is 1.67. The number of hydrogen-bond donors (Lipinski definition) is 1. The number of nitrogens with one attached hydrogen (secondary N) is 1. The van der Waals surface area contributed by atoms with E-state index in [1.807, 2.05) is 0 Å². The standard InChI is InChI=1S/C23H16F3N3O2/c1-13-19(6-3-10-27-13)29-11-9-15-16(23(29)31)4-2-5-18(15)28-20(30)12-14-7-8-17(24)22(26)21(14)25/h2-11H,12H2,1H3,(H,28,30). The molecule has 2 aromatic carbocycles. The van der Waals surface area contributed by atoms with E-state index in [9.17, 15) is 22.8 Å². The molecule has 0 bridgehead atoms. The van der Waals surface area contributed by atoms with Gasteiger partial charge < -0.3 is 5.32 Å². The van der Waals surface area contributed by atoms with Gasteiger partial charge in [-0.15, -0.1) is 0 Å². The van der Waals surface area contributed by atoms with E-state index in [2.05, 4.69) is 10.3 Å². The van der Waals surface area contributed by atoms with Crippen LogP contribution in [0.5, 0.6) is 0 Å². The molecule has 1 amide bonds. The molecule has 0 radical (unpaired) electrons. The van der Waals surface area contributed by atoms with Crippen LogP contribution in [0, 0.1) is 24.4 Å². The van der Waals surface area contributed by atoms with Gasteiger partial charge in [-0.2, -0.15) is 0 Å². The Morgan fingerprint density at radius 3 is 2.58 bits per heavy atom. The highest BCUT2D eigenvalue weighted by Crippen LogP contribution is 2.23. The third-order valence-corrected chi connectivity index (χ3v) is 4.92. The normalized spacial score (nSPS) is 11.0. The van der Waals surface area contributed by atoms with Gasteiger partial charge in [0.25, 0.3) is 5.56 Å². The number of amides is 1. The zero-order valence-electron chi connectivity index (χ0n) is 16.3. The van der Waals surface area contributed by atoms with Gasteiger partial charge >= 0.3 is 0 Å². The molecule has 2 heterocycles. The summed E-state index contributed by atoms with van der Waals surface area (Å²) in [6.45, 7) is 1.79. The van der Waals surface area contributed by atoms with Crippen LogP contribution < -0.4 is 10.9 Å². The van der Waals surface area contributed by atoms with Crippen molar-refractivity contribution in [3.63, 3.8) is 0 Å². The molecule has 1 N–H and O–H groups in total. The number of carbonyl (C=O) groups is 1. The summed E-state index contributed by atoms with van der Waals surface area (Å²) in [5.41, 5.74) is 1.10. The highest BCUT2D eigenvalue weighted by atomic mass is 19.2. The monoisotopic (exact) mass is 423 g/mol. The molecule has 0 unspecified atom stereocenters. The topological polar surface area (TPSA) is 64.0 Å². The van der Waals surface area contributed by atoms with Gasteiger partial charge in [-0.3, -0.25) is 19.1 Å². The van der Waals surface area contributed by atoms with Gasteiger partial charge in [0.1, 0.15) is 0 Å². The van der Waals surface area contributed by atoms with Crippen molar-refractivity contribution in [3.05, 3.63) is 100.0 Å². The van der Waals surface area contributed by atoms with Crippen molar-refractivity contribution in [1.82, 2.24) is 9.55 Å². The molecule has 0 saturated heterocycles. The second kappa shape index (κ2) is 8.06. The highest BCUT2D eigenvalue weighted by molar-refractivity contribution is 6.02. The molecular formula is C23H16F3N3O2. The molecular weight excluding hydrogens is 407 g/mol. The van der Waals surface area contributed by atoms with E-state index in [1.54, 1.807) is 55.7 Å². The fourth-order valence-corrected chi connectivity index (χ4v) is 3.38. The molecule has 0 aliphatic heterocycles. The number of fused-ring (bicyclic) bond motifs is 1. The molecule has 0 spiro atoms. The van der Waals surface area contributed by atoms with Crippen LogP contribution in [0.15, 0.2) is 65.7 Å². The zero-order chi connectivity index (χ0) is 22.1. The van der Waals surface area contributed by atoms with Gasteiger partial charge in [0.05, 0.1) is 17.8 Å². The minimum absolute atomic E-state index is 0.272. The lowest BCUT2D eigenvalue weighted by atomic mass is 10.1. The number of nitrogens with zero attached hydrogens (tertiary/aromatic N) is 2. The van der Waals surface area contributed by atoms with Crippen LogP contribution in [0.25, 0.3) is 16.5 Å². The van der Waals surface area contributed by atoms with Crippen LogP contribution in [0.3, 0.4) is 0 Å². The number of benzene rings is 2. The molecule has 156 valence electrons. The molecule has 0 aliphatic rings. The largest absolute Gasteiger partial charge is 0.325 e. The van der Waals surface area contributed by atoms with Crippen LogP contribution in [0.4, 0.5) is 18.9 Å². The van der Waals surface area contributed by atoms with Gasteiger partial charge in [-0.1, -0.05) is 12.1 Å². The fourth-order valence-electron chi connectivity index (χ4n) is 3.38. The Hall–Kier alpha value is -3.94. The number of aryl methyl sites for hydroxylation is 1. The first-order valence-corrected chi connectivity index (χ1v) is 9.35. The SMILES string of the molecule is Cc1ncccc1-n1ccc2c(NC(=O)Cc3ccc(F)c(F)c3F)cccc2c1=O. The van der Waals surface area contributed by atoms with Gasteiger partial charge in [0.15, 0.2) is 17.5 Å². The van der Waals surface area contributed by atoms with Crippen molar-refractivity contribution in [2.75, 3.05) is 5.32 Å². The van der Waals surface area contributed by atoms with E-state index in [4.69, 9.17) is 0 Å². The van der Waals surface area contributed by atoms with Gasteiger partial charge in [-0.25, -0.2) is 13.2 Å². The van der Waals surface area contributed by atoms with Crippen LogP contribution in [0.2, 0.25) is 0 Å². The Kier molecular flexibility index (Phi) is 5.29. The average molecular weight is 423 g/mol. The Bertz CT molecular complexity index is 1380. The quantitative estimate of drug-likeness (QED) is 0.498. The Labute approximate surface area is 174 Å². The lowest BCUT2D eigenvalue weighted by Crippen LogP contribution is -2.20. The Morgan fingerprint density at radius 2 is 1.81 bits per heavy atom. The Morgan fingerprint density at radius 1 is 1.00 bits per heavy atom. The molecule has 0 saturated carbocycles. The predicted octanol–water partition coefficient (Wildman–Crippen LogP) is 4.29. The number of halogens is 3. The van der Waals surface area contributed by atoms with Gasteiger partial charge in [-0.05, 0) is 43.3 Å². The summed E-state index contributed by atoms with van der Waals surface area (Å²) in [6.07, 6.45) is 2.72. The molecule has 0 fully saturated rings. The summed E-state index contributed by atoms with van der Waals surface area (Å²) in [7, 11) is 0. The molecule has 4 aromatic rings. The van der Waals surface area contributed by atoms with E-state index in [-0.39, 0.29) is 11.1 Å². The maximum Gasteiger partial charge on any atom is 0.263 e. The number of anilines is 1. The number of rotatable bonds is 4. The van der Waals surface area contributed by atoms with Crippen molar-refractivity contribution in [1.29, 1.82) is 0 Å². The first-order valence-electron chi connectivity index (χ1n) is 9.35. The number of hydrogen-bond acceptors (Lipinski definition) is 3. The maximum absolute atomic E-state index is 13.9. The first kappa shape index (κ1) is 20.3. The molecule has 0 atom stereocenters. The van der Waals surface area contributed by atoms with Crippen molar-refractivity contribution in [2.24, 2.45) is 0 Å². The van der Waals surface area contributed by atoms with E-state index < -0.39 is 29.8 Å². The highest BCUT2D eigenvalue weighted by Gasteiger charge is 2.17. The third-order valence-electron chi connectivity index (χ3n) is 4.92. The second-order valence-corrected chi connectivity index (χ2v) is 6.93. The summed E-state index contributed by atoms with van der Waals surface area (Å²) in [5, 5.41) is 3.46. The lowest BCUT2D eigenvalue weighted by Gasteiger charge is -2.12. The van der Waals surface area contributed by atoms with Crippen molar-refractivity contribution in [3.8, 4) is 5.69 Å². The van der Waals surface area contributed by atoms with Gasteiger partial charge in [0, 0.05) is 34.4 Å². The fraction of sp³-hybridized carbons (Fsp3) is 0.0870. The summed E-state index contributed by atoms with van der Waals surface area (Å²) in [5.74, 6) is -4.98. The zero-order valence-corrected chi connectivity index (χ0v) is 16.3. The summed E-state index contributed by atoms with van der Waals surface area (Å²) < 4.78 is 41.8. The van der Waals surface area contributed by atoms with E-state index in [0.717, 1.165) is 12.1 Å². The van der Waals surface area contributed by atoms with Crippen molar-refractivity contribution in [2.45, 2.75) is 13.3 Å². The van der Waals surface area contributed by atoms with Crippen LogP contribution in [-0.4, -0.2) is 15.5 Å². The van der Waals surface area contributed by atoms with E-state index >= 15 is 0 Å². The van der Waals surface area contributed by atoms with Crippen LogP contribution in [0.1, 0.15) is 11.3 Å². The second-order valence-electron chi connectivity index (χ2n) is 6.93. The minimum atomic E-state index is -1.62. The molecule has 5 nitrogen and oxygen atoms in total. The van der Waals surface area contributed by atoms with Crippen molar-refractivity contribution >= 4 is 22.4 Å². The predicted molar refractivity (Wildman–Crippen MR) is 111 cm³/mol. The average Bonchev–Trinajstić information content (AvgIpc) is 2.76. The molecule has 31 heavy (non-hydrogen) atoms. The molecule has 2 aromatic heterocycles. The summed E-state index contributed by atoms with van der Waals surface area (Å²) in [6, 6.07) is 11.8. The first-order chi connectivity index (χ1) is 14.9. The van der Waals surface area contributed by atoms with Gasteiger partial charge in [0.2, 0.25) is 5.91 Å². The lowest BCUT2D eigenvalue weighted by molar-refractivity contribution is -0.115. The number of carbonyl (C=O) groups excluding carboxylic acids is 1. The van der Waals surface area contributed by atoms with Crippen LogP contribution in [-0.2, 0) is 11.2 Å². The smallest absolute Gasteiger partial charge is 0.263 e.